The van der Waals surface area contributed by atoms with Crippen LogP contribution in [-0.2, 0) is 4.74 Å². The zero-order chi connectivity index (χ0) is 19.8. The number of aliphatic hydroxyl groups excluding tert-OH is 2. The average Bonchev–Trinajstić information content (AvgIpc) is 2.58. The van der Waals surface area contributed by atoms with Gasteiger partial charge >= 0.3 is 0 Å². The van der Waals surface area contributed by atoms with Crippen molar-refractivity contribution in [1.29, 1.82) is 0 Å². The largest absolute Gasteiger partial charge is 0.394 e. The van der Waals surface area contributed by atoms with E-state index in [1.807, 2.05) is 0 Å². The maximum Gasteiger partial charge on any atom is 0.100 e. The molecule has 158 valence electrons. The Hall–Kier alpha value is -0.120. The molecule has 0 spiro atoms. The Balaban J connectivity index is 3.51. The Bertz CT molecular complexity index is 293. The summed E-state index contributed by atoms with van der Waals surface area (Å²) in [5, 5.41) is 18.0. The van der Waals surface area contributed by atoms with Crippen LogP contribution < -0.4 is 0 Å². The van der Waals surface area contributed by atoms with Crippen molar-refractivity contribution in [2.24, 2.45) is 23.7 Å². The fourth-order valence-corrected chi connectivity index (χ4v) is 3.49. The maximum atomic E-state index is 9.22. The topological polar surface area (TPSA) is 49.7 Å². The van der Waals surface area contributed by atoms with E-state index in [-0.39, 0.29) is 13.2 Å². The number of rotatable bonds is 18. The highest BCUT2D eigenvalue weighted by Gasteiger charge is 2.08. The summed E-state index contributed by atoms with van der Waals surface area (Å²) in [6.45, 7) is 12.5. The SMILES string of the molecule is CC(C)CCC[C@@H](C)CCC[C@@H](C)CCC[C@H](C)CCOC[C@@H](O)CO. The second-order valence-electron chi connectivity index (χ2n) is 9.20. The molecular formula is C23H48O3. The van der Waals surface area contributed by atoms with Gasteiger partial charge in [-0.1, -0.05) is 92.4 Å². The number of ether oxygens (including phenoxy) is 1. The van der Waals surface area contributed by atoms with Gasteiger partial charge in [0, 0.05) is 6.61 Å². The van der Waals surface area contributed by atoms with Gasteiger partial charge in [-0.15, -0.1) is 0 Å². The molecule has 0 saturated carbocycles. The van der Waals surface area contributed by atoms with Crippen LogP contribution >= 0.6 is 0 Å². The van der Waals surface area contributed by atoms with Gasteiger partial charge in [-0.05, 0) is 30.1 Å². The van der Waals surface area contributed by atoms with Gasteiger partial charge in [0.1, 0.15) is 6.10 Å². The van der Waals surface area contributed by atoms with Gasteiger partial charge in [0.2, 0.25) is 0 Å². The van der Waals surface area contributed by atoms with Gasteiger partial charge in [0.15, 0.2) is 0 Å². The first-order chi connectivity index (χ1) is 12.3. The van der Waals surface area contributed by atoms with Crippen LogP contribution in [0.4, 0.5) is 0 Å². The summed E-state index contributed by atoms with van der Waals surface area (Å²) in [6.07, 6.45) is 12.6. The van der Waals surface area contributed by atoms with Crippen LogP contribution in [0, 0.1) is 23.7 Å². The second kappa shape index (κ2) is 17.0. The van der Waals surface area contributed by atoms with Crippen LogP contribution in [-0.4, -0.2) is 36.1 Å². The molecule has 0 aromatic rings. The predicted molar refractivity (Wildman–Crippen MR) is 112 cm³/mol. The van der Waals surface area contributed by atoms with Crippen LogP contribution in [0.25, 0.3) is 0 Å². The monoisotopic (exact) mass is 372 g/mol. The van der Waals surface area contributed by atoms with E-state index in [4.69, 9.17) is 9.84 Å². The molecule has 0 fully saturated rings. The summed E-state index contributed by atoms with van der Waals surface area (Å²) in [5.41, 5.74) is 0. The first-order valence-corrected chi connectivity index (χ1v) is 11.2. The van der Waals surface area contributed by atoms with Crippen LogP contribution in [0.2, 0.25) is 0 Å². The fraction of sp³-hybridized carbons (Fsp3) is 1.00. The minimum absolute atomic E-state index is 0.218. The van der Waals surface area contributed by atoms with E-state index in [9.17, 15) is 5.11 Å². The van der Waals surface area contributed by atoms with Crippen molar-refractivity contribution < 1.29 is 14.9 Å². The van der Waals surface area contributed by atoms with Gasteiger partial charge in [-0.2, -0.15) is 0 Å². The number of hydrogen-bond donors (Lipinski definition) is 2. The molecule has 3 nitrogen and oxygen atoms in total. The maximum absolute atomic E-state index is 9.22. The van der Waals surface area contributed by atoms with Crippen molar-refractivity contribution in [1.82, 2.24) is 0 Å². The summed E-state index contributed by atoms with van der Waals surface area (Å²) < 4.78 is 5.39. The molecule has 26 heavy (non-hydrogen) atoms. The third-order valence-corrected chi connectivity index (χ3v) is 5.54. The van der Waals surface area contributed by atoms with Crippen molar-refractivity contribution >= 4 is 0 Å². The summed E-state index contributed by atoms with van der Waals surface area (Å²) in [6, 6.07) is 0. The van der Waals surface area contributed by atoms with Crippen LogP contribution in [0.1, 0.15) is 98.8 Å². The Morgan fingerprint density at radius 2 is 1.08 bits per heavy atom. The summed E-state index contributed by atoms with van der Waals surface area (Å²) in [4.78, 5) is 0. The molecule has 0 aromatic heterocycles. The molecule has 3 heteroatoms. The van der Waals surface area contributed by atoms with E-state index in [1.165, 1.54) is 57.8 Å². The molecule has 0 rings (SSSR count). The standard InChI is InChI=1S/C23H48O3/c1-19(2)9-6-10-20(3)11-7-12-21(4)13-8-14-22(5)15-16-26-18-23(25)17-24/h19-25H,6-18H2,1-5H3/t20-,21-,22+,23+/m1/s1. The van der Waals surface area contributed by atoms with Crippen LogP contribution in [0.15, 0.2) is 0 Å². The zero-order valence-corrected chi connectivity index (χ0v) is 18.4. The summed E-state index contributed by atoms with van der Waals surface area (Å²) >= 11 is 0. The Kier molecular flexibility index (Phi) is 16.9. The lowest BCUT2D eigenvalue weighted by atomic mass is 9.91. The van der Waals surface area contributed by atoms with E-state index in [0.29, 0.717) is 12.5 Å². The Morgan fingerprint density at radius 3 is 1.50 bits per heavy atom. The van der Waals surface area contributed by atoms with Crippen molar-refractivity contribution in [3.8, 4) is 0 Å². The summed E-state index contributed by atoms with van der Waals surface area (Å²) in [7, 11) is 0. The normalized spacial score (nSPS) is 16.6. The molecule has 0 aliphatic rings. The zero-order valence-electron chi connectivity index (χ0n) is 18.4. The van der Waals surface area contributed by atoms with Gasteiger partial charge < -0.3 is 14.9 Å². The minimum atomic E-state index is -0.732. The highest BCUT2D eigenvalue weighted by molar-refractivity contribution is 4.61. The smallest absolute Gasteiger partial charge is 0.100 e. The third kappa shape index (κ3) is 17.3. The van der Waals surface area contributed by atoms with E-state index >= 15 is 0 Å². The first kappa shape index (κ1) is 25.9. The van der Waals surface area contributed by atoms with E-state index < -0.39 is 6.10 Å². The molecule has 0 aliphatic heterocycles. The Morgan fingerprint density at radius 1 is 0.654 bits per heavy atom. The third-order valence-electron chi connectivity index (χ3n) is 5.54. The van der Waals surface area contributed by atoms with Gasteiger partial charge in [-0.3, -0.25) is 0 Å². The quantitative estimate of drug-likeness (QED) is 0.298. The van der Waals surface area contributed by atoms with Crippen molar-refractivity contribution in [2.45, 2.75) is 105 Å². The van der Waals surface area contributed by atoms with Gasteiger partial charge in [0.05, 0.1) is 13.2 Å². The van der Waals surface area contributed by atoms with Gasteiger partial charge in [-0.25, -0.2) is 0 Å². The molecule has 0 aliphatic carbocycles. The van der Waals surface area contributed by atoms with Crippen LogP contribution in [0.5, 0.6) is 0 Å². The molecule has 2 N–H and O–H groups in total. The lowest BCUT2D eigenvalue weighted by Gasteiger charge is -2.16. The highest BCUT2D eigenvalue weighted by Crippen LogP contribution is 2.22. The van der Waals surface area contributed by atoms with Crippen LogP contribution in [0.3, 0.4) is 0 Å². The lowest BCUT2D eigenvalue weighted by molar-refractivity contribution is 0.00294. The van der Waals surface area contributed by atoms with Crippen molar-refractivity contribution in [3.63, 3.8) is 0 Å². The molecule has 0 heterocycles. The predicted octanol–water partition coefficient (Wildman–Crippen LogP) is 5.82. The van der Waals surface area contributed by atoms with E-state index in [2.05, 4.69) is 34.6 Å². The highest BCUT2D eigenvalue weighted by atomic mass is 16.5. The van der Waals surface area contributed by atoms with Crippen molar-refractivity contribution in [3.05, 3.63) is 0 Å². The van der Waals surface area contributed by atoms with E-state index in [0.717, 1.165) is 24.2 Å². The second-order valence-corrected chi connectivity index (χ2v) is 9.20. The lowest BCUT2D eigenvalue weighted by Crippen LogP contribution is -2.20. The molecule has 0 bridgehead atoms. The summed E-state index contributed by atoms with van der Waals surface area (Å²) in [5.74, 6) is 3.27. The molecule has 4 atom stereocenters. The van der Waals surface area contributed by atoms with E-state index in [1.54, 1.807) is 0 Å². The molecule has 0 amide bonds. The molecule has 0 radical (unpaired) electrons. The molecular weight excluding hydrogens is 324 g/mol. The number of aliphatic hydroxyl groups is 2. The van der Waals surface area contributed by atoms with Crippen molar-refractivity contribution in [2.75, 3.05) is 19.8 Å². The molecule has 0 aromatic carbocycles. The fourth-order valence-electron chi connectivity index (χ4n) is 3.49. The minimum Gasteiger partial charge on any atom is -0.394 e. The molecule has 0 saturated heterocycles. The number of hydrogen-bond acceptors (Lipinski definition) is 3. The Labute approximate surface area is 163 Å². The first-order valence-electron chi connectivity index (χ1n) is 11.2. The average molecular weight is 373 g/mol. The van der Waals surface area contributed by atoms with Gasteiger partial charge in [0.25, 0.3) is 0 Å². The molecule has 0 unspecified atom stereocenters.